The van der Waals surface area contributed by atoms with E-state index in [9.17, 15) is 0 Å². The number of H-pyrrole nitrogens is 1. The fourth-order valence-electron chi connectivity index (χ4n) is 2.43. The molecule has 4 heteroatoms. The van der Waals surface area contributed by atoms with Gasteiger partial charge in [0.25, 0.3) is 0 Å². The molecule has 3 nitrogen and oxygen atoms in total. The number of aromatic amines is 1. The topological polar surface area (TPSA) is 29.9 Å². The molecule has 17 heavy (non-hydrogen) atoms. The quantitative estimate of drug-likeness (QED) is 0.828. The number of benzene rings is 1. The lowest BCUT2D eigenvalue weighted by Crippen LogP contribution is -2.10. The van der Waals surface area contributed by atoms with Crippen molar-refractivity contribution in [1.82, 2.24) is 9.55 Å². The summed E-state index contributed by atoms with van der Waals surface area (Å²) in [6.45, 7) is 4.82. The van der Waals surface area contributed by atoms with E-state index < -0.39 is 0 Å². The number of nitrogens with one attached hydrogen (secondary N) is 1. The second kappa shape index (κ2) is 4.27. The number of hydrogen-bond donors (Lipinski definition) is 1. The zero-order valence-corrected chi connectivity index (χ0v) is 10.7. The largest absolute Gasteiger partial charge is 0.381 e. The predicted octanol–water partition coefficient (Wildman–Crippen LogP) is 3.04. The van der Waals surface area contributed by atoms with Crippen LogP contribution < -0.4 is 0 Å². The van der Waals surface area contributed by atoms with Gasteiger partial charge >= 0.3 is 0 Å². The van der Waals surface area contributed by atoms with E-state index in [1.807, 2.05) is 0 Å². The van der Waals surface area contributed by atoms with Crippen molar-refractivity contribution in [2.24, 2.45) is 5.92 Å². The summed E-state index contributed by atoms with van der Waals surface area (Å²) in [5.41, 5.74) is 3.60. The van der Waals surface area contributed by atoms with Crippen LogP contribution in [0.15, 0.2) is 18.2 Å². The van der Waals surface area contributed by atoms with Gasteiger partial charge in [-0.15, -0.1) is 0 Å². The second-order valence-electron chi connectivity index (χ2n) is 4.79. The van der Waals surface area contributed by atoms with E-state index in [-0.39, 0.29) is 0 Å². The van der Waals surface area contributed by atoms with Crippen molar-refractivity contribution in [2.75, 3.05) is 13.2 Å². The lowest BCUT2D eigenvalue weighted by Gasteiger charge is -2.09. The number of nitrogens with zero attached hydrogens (tertiary/aromatic N) is 1. The molecule has 90 valence electrons. The second-order valence-corrected chi connectivity index (χ2v) is 5.18. The number of ether oxygens (including phenoxy) is 1. The SMILES string of the molecule is Cc1ccc2[nH]c(=S)n(CC3CCOC3)c2c1. The highest BCUT2D eigenvalue weighted by Crippen LogP contribution is 2.20. The third kappa shape index (κ3) is 2.03. The van der Waals surface area contributed by atoms with Crippen molar-refractivity contribution in [3.8, 4) is 0 Å². The van der Waals surface area contributed by atoms with Crippen LogP contribution in [0.5, 0.6) is 0 Å². The molecule has 1 N–H and O–H groups in total. The Balaban J connectivity index is 2.04. The summed E-state index contributed by atoms with van der Waals surface area (Å²) in [6, 6.07) is 6.40. The van der Waals surface area contributed by atoms with E-state index in [4.69, 9.17) is 17.0 Å². The highest BCUT2D eigenvalue weighted by atomic mass is 32.1. The van der Waals surface area contributed by atoms with Gasteiger partial charge in [-0.1, -0.05) is 6.07 Å². The lowest BCUT2D eigenvalue weighted by molar-refractivity contribution is 0.182. The Hall–Kier alpha value is -1.13. The Morgan fingerprint density at radius 1 is 1.53 bits per heavy atom. The van der Waals surface area contributed by atoms with Gasteiger partial charge in [0.1, 0.15) is 0 Å². The van der Waals surface area contributed by atoms with Gasteiger partial charge in [-0.2, -0.15) is 0 Å². The van der Waals surface area contributed by atoms with E-state index in [0.29, 0.717) is 5.92 Å². The molecule has 2 aromatic rings. The Morgan fingerprint density at radius 3 is 3.18 bits per heavy atom. The van der Waals surface area contributed by atoms with Crippen LogP contribution in [0, 0.1) is 17.6 Å². The summed E-state index contributed by atoms with van der Waals surface area (Å²) in [7, 11) is 0. The van der Waals surface area contributed by atoms with E-state index in [1.54, 1.807) is 0 Å². The van der Waals surface area contributed by atoms with Crippen molar-refractivity contribution < 1.29 is 4.74 Å². The molecule has 1 atom stereocenters. The molecule has 0 radical (unpaired) electrons. The molecule has 1 saturated heterocycles. The first-order valence-electron chi connectivity index (χ1n) is 6.01. The van der Waals surface area contributed by atoms with Crippen LogP contribution in [0.4, 0.5) is 0 Å². The van der Waals surface area contributed by atoms with Crippen LogP contribution >= 0.6 is 12.2 Å². The average Bonchev–Trinajstić information content (AvgIpc) is 2.90. The number of imidazole rings is 1. The number of fused-ring (bicyclic) bond motifs is 1. The molecule has 0 bridgehead atoms. The van der Waals surface area contributed by atoms with Crippen LogP contribution in [-0.4, -0.2) is 22.8 Å². The maximum atomic E-state index is 5.42. The minimum Gasteiger partial charge on any atom is -0.381 e. The fourth-order valence-corrected chi connectivity index (χ4v) is 2.71. The average molecular weight is 248 g/mol. The minimum absolute atomic E-state index is 0.598. The van der Waals surface area contributed by atoms with E-state index in [0.717, 1.165) is 36.5 Å². The molecule has 3 rings (SSSR count). The zero-order valence-electron chi connectivity index (χ0n) is 9.90. The Bertz CT molecular complexity index is 593. The van der Waals surface area contributed by atoms with Gasteiger partial charge in [0, 0.05) is 19.1 Å². The molecule has 0 spiro atoms. The Kier molecular flexibility index (Phi) is 2.76. The normalized spacial score (nSPS) is 20.2. The van der Waals surface area contributed by atoms with Crippen LogP contribution in [-0.2, 0) is 11.3 Å². The molecule has 0 amide bonds. The zero-order chi connectivity index (χ0) is 11.8. The summed E-state index contributed by atoms with van der Waals surface area (Å²) in [4.78, 5) is 3.27. The molecule has 0 aliphatic carbocycles. The highest BCUT2D eigenvalue weighted by molar-refractivity contribution is 7.71. The van der Waals surface area contributed by atoms with Gasteiger partial charge in [-0.25, -0.2) is 0 Å². The molecule has 0 saturated carbocycles. The summed E-state index contributed by atoms with van der Waals surface area (Å²) < 4.78 is 8.45. The van der Waals surface area contributed by atoms with Gasteiger partial charge in [0.15, 0.2) is 4.77 Å². The molecular formula is C13H16N2OS. The standard InChI is InChI=1S/C13H16N2OS/c1-9-2-3-11-12(6-9)15(13(17)14-11)7-10-4-5-16-8-10/h2-3,6,10H,4-5,7-8H2,1H3,(H,14,17). The first-order valence-corrected chi connectivity index (χ1v) is 6.42. The minimum atomic E-state index is 0.598. The first kappa shape index (κ1) is 11.0. The maximum Gasteiger partial charge on any atom is 0.178 e. The molecule has 1 aromatic heterocycles. The third-order valence-corrected chi connectivity index (χ3v) is 3.72. The molecule has 2 heterocycles. The van der Waals surface area contributed by atoms with Crippen LogP contribution in [0.1, 0.15) is 12.0 Å². The predicted molar refractivity (Wildman–Crippen MR) is 70.8 cm³/mol. The third-order valence-electron chi connectivity index (χ3n) is 3.40. The Morgan fingerprint density at radius 2 is 2.41 bits per heavy atom. The monoisotopic (exact) mass is 248 g/mol. The van der Waals surface area contributed by atoms with Crippen molar-refractivity contribution in [3.63, 3.8) is 0 Å². The molecular weight excluding hydrogens is 232 g/mol. The fraction of sp³-hybridized carbons (Fsp3) is 0.462. The van der Waals surface area contributed by atoms with Crippen LogP contribution in [0.25, 0.3) is 11.0 Å². The molecule has 1 aromatic carbocycles. The number of rotatable bonds is 2. The summed E-state index contributed by atoms with van der Waals surface area (Å²) in [6.07, 6.45) is 1.14. The molecule has 1 fully saturated rings. The maximum absolute atomic E-state index is 5.42. The van der Waals surface area contributed by atoms with Crippen molar-refractivity contribution in [3.05, 3.63) is 28.5 Å². The van der Waals surface area contributed by atoms with Gasteiger partial charge in [0.2, 0.25) is 0 Å². The van der Waals surface area contributed by atoms with Crippen molar-refractivity contribution in [1.29, 1.82) is 0 Å². The van der Waals surface area contributed by atoms with Crippen molar-refractivity contribution >= 4 is 23.3 Å². The first-order chi connectivity index (χ1) is 8.24. The van der Waals surface area contributed by atoms with Gasteiger partial charge in [-0.05, 0) is 43.3 Å². The number of hydrogen-bond acceptors (Lipinski definition) is 2. The molecule has 1 aliphatic heterocycles. The van der Waals surface area contributed by atoms with Gasteiger partial charge in [-0.3, -0.25) is 0 Å². The van der Waals surface area contributed by atoms with E-state index in [1.165, 1.54) is 11.1 Å². The number of aryl methyl sites for hydroxylation is 1. The number of aromatic nitrogens is 2. The van der Waals surface area contributed by atoms with E-state index >= 15 is 0 Å². The van der Waals surface area contributed by atoms with Gasteiger partial charge in [0.05, 0.1) is 17.6 Å². The summed E-state index contributed by atoms with van der Waals surface area (Å²) >= 11 is 5.40. The molecule has 1 aliphatic rings. The lowest BCUT2D eigenvalue weighted by atomic mass is 10.1. The van der Waals surface area contributed by atoms with Gasteiger partial charge < -0.3 is 14.3 Å². The van der Waals surface area contributed by atoms with Crippen molar-refractivity contribution in [2.45, 2.75) is 19.9 Å². The summed E-state index contributed by atoms with van der Waals surface area (Å²) in [5.74, 6) is 0.598. The molecule has 1 unspecified atom stereocenters. The highest BCUT2D eigenvalue weighted by Gasteiger charge is 2.17. The summed E-state index contributed by atoms with van der Waals surface area (Å²) in [5, 5.41) is 0. The van der Waals surface area contributed by atoms with E-state index in [2.05, 4.69) is 34.7 Å². The van der Waals surface area contributed by atoms with Crippen LogP contribution in [0.2, 0.25) is 0 Å². The Labute approximate surface area is 105 Å². The van der Waals surface area contributed by atoms with Crippen LogP contribution in [0.3, 0.4) is 0 Å². The smallest absolute Gasteiger partial charge is 0.178 e.